The van der Waals surface area contributed by atoms with Crippen molar-refractivity contribution in [3.63, 3.8) is 0 Å². The highest BCUT2D eigenvalue weighted by Crippen LogP contribution is 2.38. The Morgan fingerprint density at radius 2 is 1.93 bits per heavy atom. The minimum Gasteiger partial charge on any atom is -0.386 e. The number of rotatable bonds is 1. The lowest BCUT2D eigenvalue weighted by Gasteiger charge is -2.36. The molecule has 0 aliphatic heterocycles. The summed E-state index contributed by atoms with van der Waals surface area (Å²) in [6.07, 6.45) is 1.23. The van der Waals surface area contributed by atoms with Crippen LogP contribution < -0.4 is 0 Å². The molecule has 4 heteroatoms. The fourth-order valence-corrected chi connectivity index (χ4v) is 2.14. The average molecular weight is 201 g/mol. The summed E-state index contributed by atoms with van der Waals surface area (Å²) in [4.78, 5) is 10.4. The Labute approximate surface area is 84.5 Å². The Morgan fingerprint density at radius 1 is 1.36 bits per heavy atom. The zero-order valence-corrected chi connectivity index (χ0v) is 9.06. The van der Waals surface area contributed by atoms with Crippen molar-refractivity contribution in [3.05, 3.63) is 10.1 Å². The van der Waals surface area contributed by atoms with Crippen LogP contribution in [-0.2, 0) is 0 Å². The molecule has 1 rings (SSSR count). The van der Waals surface area contributed by atoms with Crippen molar-refractivity contribution in [1.82, 2.24) is 0 Å². The smallest absolute Gasteiger partial charge is 0.238 e. The fraction of sp³-hybridized carbons (Fsp3) is 1.00. The van der Waals surface area contributed by atoms with E-state index in [1.165, 1.54) is 0 Å². The lowest BCUT2D eigenvalue weighted by molar-refractivity contribution is -0.540. The van der Waals surface area contributed by atoms with Crippen LogP contribution in [0.5, 0.6) is 0 Å². The second-order valence-electron chi connectivity index (χ2n) is 5.30. The molecule has 1 saturated carbocycles. The third-order valence-corrected chi connectivity index (χ3v) is 3.28. The van der Waals surface area contributed by atoms with E-state index in [1.54, 1.807) is 0 Å². The average Bonchev–Trinajstić information content (AvgIpc) is 2.02. The predicted molar refractivity (Wildman–Crippen MR) is 53.6 cm³/mol. The highest BCUT2D eigenvalue weighted by Gasteiger charge is 2.41. The molecule has 0 saturated heterocycles. The molecule has 0 spiro atoms. The molecule has 4 nitrogen and oxygen atoms in total. The van der Waals surface area contributed by atoms with Gasteiger partial charge in [0.05, 0.1) is 0 Å². The zero-order valence-electron chi connectivity index (χ0n) is 9.06. The molecule has 82 valence electrons. The molecule has 0 radical (unpaired) electrons. The maximum atomic E-state index is 10.7. The van der Waals surface area contributed by atoms with Gasteiger partial charge in [0.15, 0.2) is 0 Å². The second kappa shape index (κ2) is 3.85. The van der Waals surface area contributed by atoms with Crippen molar-refractivity contribution in [2.24, 2.45) is 11.3 Å². The zero-order chi connectivity index (χ0) is 10.9. The fourth-order valence-electron chi connectivity index (χ4n) is 2.14. The third-order valence-electron chi connectivity index (χ3n) is 3.28. The Bertz CT molecular complexity index is 222. The molecule has 0 aromatic heterocycles. The van der Waals surface area contributed by atoms with Crippen LogP contribution in [0, 0.1) is 21.4 Å². The van der Waals surface area contributed by atoms with Crippen LogP contribution in [0.1, 0.15) is 40.0 Å². The van der Waals surface area contributed by atoms with E-state index in [-0.39, 0.29) is 10.3 Å². The van der Waals surface area contributed by atoms with Gasteiger partial charge in [-0.15, -0.1) is 0 Å². The van der Waals surface area contributed by atoms with Gasteiger partial charge < -0.3 is 5.11 Å². The van der Waals surface area contributed by atoms with Gasteiger partial charge in [0.1, 0.15) is 6.10 Å². The second-order valence-corrected chi connectivity index (χ2v) is 5.30. The number of aliphatic hydroxyl groups excluding tert-OH is 1. The molecule has 0 aromatic carbocycles. The molecule has 0 amide bonds. The standard InChI is InChI=1S/C10H19NO3/c1-10(2,3)7-4-5-9(12)8(6-7)11(13)14/h7-9,12H,4-6H2,1-3H3. The summed E-state index contributed by atoms with van der Waals surface area (Å²) in [5.74, 6) is 0.348. The normalized spacial score (nSPS) is 34.1. The molecule has 1 fully saturated rings. The first-order chi connectivity index (χ1) is 6.32. The molecular formula is C10H19NO3. The summed E-state index contributed by atoms with van der Waals surface area (Å²) in [6, 6.07) is -0.757. The minimum absolute atomic E-state index is 0.106. The number of nitrogens with zero attached hydrogens (tertiary/aromatic N) is 1. The summed E-state index contributed by atoms with van der Waals surface area (Å²) < 4.78 is 0. The molecule has 1 aliphatic carbocycles. The molecule has 0 heterocycles. The van der Waals surface area contributed by atoms with Crippen LogP contribution in [0.15, 0.2) is 0 Å². The van der Waals surface area contributed by atoms with E-state index < -0.39 is 12.1 Å². The van der Waals surface area contributed by atoms with Crippen molar-refractivity contribution in [2.75, 3.05) is 0 Å². The maximum absolute atomic E-state index is 10.7. The van der Waals surface area contributed by atoms with Gasteiger partial charge >= 0.3 is 0 Å². The third kappa shape index (κ3) is 2.44. The number of nitro groups is 1. The largest absolute Gasteiger partial charge is 0.386 e. The summed E-state index contributed by atoms with van der Waals surface area (Å²) in [5, 5.41) is 20.2. The van der Waals surface area contributed by atoms with E-state index >= 15 is 0 Å². The van der Waals surface area contributed by atoms with E-state index in [1.807, 2.05) is 0 Å². The van der Waals surface area contributed by atoms with Gasteiger partial charge in [-0.2, -0.15) is 0 Å². The van der Waals surface area contributed by atoms with Gasteiger partial charge in [0.25, 0.3) is 0 Å². The van der Waals surface area contributed by atoms with E-state index in [4.69, 9.17) is 0 Å². The lowest BCUT2D eigenvalue weighted by Crippen LogP contribution is -2.42. The molecule has 14 heavy (non-hydrogen) atoms. The molecular weight excluding hydrogens is 182 g/mol. The Hall–Kier alpha value is -0.640. The first kappa shape index (κ1) is 11.4. The van der Waals surface area contributed by atoms with Crippen LogP contribution in [0.25, 0.3) is 0 Å². The Morgan fingerprint density at radius 3 is 2.36 bits per heavy atom. The SMILES string of the molecule is CC(C)(C)C1CCC(O)C([N+](=O)[O-])C1. The van der Waals surface area contributed by atoms with E-state index in [9.17, 15) is 15.2 Å². The number of hydrogen-bond donors (Lipinski definition) is 1. The van der Waals surface area contributed by atoms with E-state index in [0.29, 0.717) is 18.8 Å². The Balaban J connectivity index is 2.67. The molecule has 0 bridgehead atoms. The van der Waals surface area contributed by atoms with Crippen molar-refractivity contribution in [3.8, 4) is 0 Å². The van der Waals surface area contributed by atoms with Crippen LogP contribution in [0.3, 0.4) is 0 Å². The molecule has 3 unspecified atom stereocenters. The number of aliphatic hydroxyl groups is 1. The monoisotopic (exact) mass is 201 g/mol. The summed E-state index contributed by atoms with van der Waals surface area (Å²) >= 11 is 0. The molecule has 0 aromatic rings. The van der Waals surface area contributed by atoms with E-state index in [0.717, 1.165) is 6.42 Å². The molecule has 1 aliphatic rings. The van der Waals surface area contributed by atoms with Crippen LogP contribution in [0.2, 0.25) is 0 Å². The van der Waals surface area contributed by atoms with Crippen molar-refractivity contribution in [1.29, 1.82) is 0 Å². The predicted octanol–water partition coefficient (Wildman–Crippen LogP) is 1.84. The molecule has 3 atom stereocenters. The van der Waals surface area contributed by atoms with Crippen LogP contribution in [0.4, 0.5) is 0 Å². The van der Waals surface area contributed by atoms with Gasteiger partial charge in [-0.25, -0.2) is 0 Å². The van der Waals surface area contributed by atoms with Gasteiger partial charge in [-0.05, 0) is 24.2 Å². The van der Waals surface area contributed by atoms with Gasteiger partial charge in [0, 0.05) is 11.3 Å². The van der Waals surface area contributed by atoms with Gasteiger partial charge in [-0.3, -0.25) is 10.1 Å². The van der Waals surface area contributed by atoms with Crippen molar-refractivity contribution < 1.29 is 10.0 Å². The van der Waals surface area contributed by atoms with Crippen molar-refractivity contribution in [2.45, 2.75) is 52.2 Å². The van der Waals surface area contributed by atoms with Crippen LogP contribution in [-0.4, -0.2) is 22.2 Å². The first-order valence-corrected chi connectivity index (χ1v) is 5.14. The first-order valence-electron chi connectivity index (χ1n) is 5.14. The molecule has 1 N–H and O–H groups in total. The number of hydrogen-bond acceptors (Lipinski definition) is 3. The lowest BCUT2D eigenvalue weighted by atomic mass is 9.70. The summed E-state index contributed by atoms with van der Waals surface area (Å²) in [6.45, 7) is 6.31. The maximum Gasteiger partial charge on any atom is 0.238 e. The quantitative estimate of drug-likeness (QED) is 0.520. The topological polar surface area (TPSA) is 63.4 Å². The summed E-state index contributed by atoms with van der Waals surface area (Å²) in [7, 11) is 0. The highest BCUT2D eigenvalue weighted by atomic mass is 16.6. The highest BCUT2D eigenvalue weighted by molar-refractivity contribution is 4.85. The minimum atomic E-state index is -0.757. The van der Waals surface area contributed by atoms with Gasteiger partial charge in [0.2, 0.25) is 6.04 Å². The Kier molecular flexibility index (Phi) is 3.14. The van der Waals surface area contributed by atoms with E-state index in [2.05, 4.69) is 20.8 Å². The van der Waals surface area contributed by atoms with Crippen molar-refractivity contribution >= 4 is 0 Å². The van der Waals surface area contributed by atoms with Gasteiger partial charge in [-0.1, -0.05) is 20.8 Å². The van der Waals surface area contributed by atoms with Crippen LogP contribution >= 0.6 is 0 Å². The summed E-state index contributed by atoms with van der Waals surface area (Å²) in [5.41, 5.74) is 0.106.